The van der Waals surface area contributed by atoms with Gasteiger partial charge in [0.15, 0.2) is 5.65 Å². The maximum absolute atomic E-state index is 14.8. The Kier molecular flexibility index (Phi) is 11.5. The van der Waals surface area contributed by atoms with Crippen LogP contribution in [0, 0.1) is 23.5 Å². The molecule has 0 bridgehead atoms. The first-order valence-electron chi connectivity index (χ1n) is 18.2. The van der Waals surface area contributed by atoms with Crippen LogP contribution in [-0.4, -0.2) is 124 Å². The van der Waals surface area contributed by atoms with Crippen molar-refractivity contribution in [1.29, 1.82) is 0 Å². The largest absolute Gasteiger partial charge is 0.351 e. The molecule has 0 unspecified atom stereocenters. The number of piperazine rings is 1. The highest BCUT2D eigenvalue weighted by molar-refractivity contribution is 5.80. The van der Waals surface area contributed by atoms with E-state index in [1.807, 2.05) is 21.4 Å². The third kappa shape index (κ3) is 8.34. The molecule has 2 aromatic heterocycles. The first-order chi connectivity index (χ1) is 24.1. The second-order valence-electron chi connectivity index (χ2n) is 14.4. The second-order valence-corrected chi connectivity index (χ2v) is 14.4. The van der Waals surface area contributed by atoms with Crippen molar-refractivity contribution in [3.63, 3.8) is 0 Å². The number of likely N-dealkylation sites (N-methyl/N-ethyl adjacent to an activating group) is 3. The number of nitrogens with zero attached hydrogens (tertiary/aromatic N) is 8. The maximum atomic E-state index is 14.8. The molecule has 0 spiro atoms. The molecule has 14 heteroatoms. The van der Waals surface area contributed by atoms with Crippen molar-refractivity contribution >= 4 is 40.6 Å². The van der Waals surface area contributed by atoms with Crippen LogP contribution < -0.4 is 10.6 Å². The predicted octanol–water partition coefficient (Wildman–Crippen LogP) is 4.73. The Labute approximate surface area is 293 Å². The Hall–Kier alpha value is -3.91. The molecule has 3 heterocycles. The number of carbonyl (C=O) groups excluding carboxylic acids is 2. The predicted molar refractivity (Wildman–Crippen MR) is 190 cm³/mol. The smallest absolute Gasteiger partial charge is 0.225 e. The van der Waals surface area contributed by atoms with Crippen LogP contribution in [0.4, 0.5) is 26.4 Å². The van der Waals surface area contributed by atoms with Gasteiger partial charge in [-0.15, -0.1) is 0 Å². The highest BCUT2D eigenvalue weighted by Crippen LogP contribution is 2.38. The number of amides is 2. The minimum Gasteiger partial charge on any atom is -0.351 e. The normalized spacial score (nSPS) is 23.3. The molecule has 3 fully saturated rings. The van der Waals surface area contributed by atoms with Gasteiger partial charge in [0.05, 0.1) is 11.9 Å². The van der Waals surface area contributed by atoms with E-state index < -0.39 is 11.6 Å². The summed E-state index contributed by atoms with van der Waals surface area (Å²) in [4.78, 5) is 49.1. The summed E-state index contributed by atoms with van der Waals surface area (Å²) in [6, 6.07) is 3.52. The Morgan fingerprint density at radius 2 is 1.62 bits per heavy atom. The molecule has 2 saturated carbocycles. The number of rotatable bonds is 11. The summed E-state index contributed by atoms with van der Waals surface area (Å²) in [6.07, 6.45) is 7.91. The van der Waals surface area contributed by atoms with Crippen LogP contribution in [0.1, 0.15) is 64.3 Å². The van der Waals surface area contributed by atoms with Gasteiger partial charge in [-0.05, 0) is 84.1 Å². The van der Waals surface area contributed by atoms with Gasteiger partial charge < -0.3 is 30.2 Å². The van der Waals surface area contributed by atoms with Crippen LogP contribution in [0.5, 0.6) is 0 Å². The topological polar surface area (TPSA) is 115 Å². The lowest BCUT2D eigenvalue weighted by Gasteiger charge is -2.36. The third-order valence-electron chi connectivity index (χ3n) is 11.0. The van der Waals surface area contributed by atoms with Crippen molar-refractivity contribution in [2.45, 2.75) is 70.4 Å². The van der Waals surface area contributed by atoms with E-state index >= 15 is 0 Å². The van der Waals surface area contributed by atoms with E-state index in [1.165, 1.54) is 12.1 Å². The Bertz CT molecular complexity index is 1630. The van der Waals surface area contributed by atoms with Crippen molar-refractivity contribution in [2.24, 2.45) is 11.8 Å². The minimum absolute atomic E-state index is 0.0367. The molecule has 0 radical (unpaired) electrons. The van der Waals surface area contributed by atoms with Crippen LogP contribution in [0.25, 0.3) is 11.2 Å². The highest BCUT2D eigenvalue weighted by Gasteiger charge is 2.33. The SMILES string of the molecule is CCN(C)CCN(C)C(=O)C1CCC(n2c(Nc3ccc(F)cc3F)nc3cnc(NC4CCC(C(=O)N5CCN(C)CC5)CC4)nc32)CC1. The zero-order chi connectivity index (χ0) is 35.4. The first-order valence-corrected chi connectivity index (χ1v) is 18.2. The van der Waals surface area contributed by atoms with Crippen molar-refractivity contribution in [2.75, 3.05) is 77.6 Å². The molecule has 6 rings (SSSR count). The van der Waals surface area contributed by atoms with Crippen LogP contribution >= 0.6 is 0 Å². The molecule has 2 N–H and O–H groups in total. The standard InChI is InChI=1S/C36H52F2N10O2/c1-5-44(2)16-19-46(4)33(49)24-8-13-28(14-9-24)48-32-31(42-36(48)41-30-15-10-26(37)22-29(30)38)23-39-35(43-32)40-27-11-6-25(7-12-27)34(50)47-20-17-45(3)18-21-47/h10,15,22-25,27-28H,5-9,11-14,16-21H2,1-4H3,(H,41,42)(H,39,40,43). The fourth-order valence-electron chi connectivity index (χ4n) is 7.54. The Morgan fingerprint density at radius 3 is 2.30 bits per heavy atom. The average Bonchev–Trinajstić information content (AvgIpc) is 3.48. The van der Waals surface area contributed by atoms with Gasteiger partial charge in [0.1, 0.15) is 17.2 Å². The third-order valence-corrected chi connectivity index (χ3v) is 11.0. The molecule has 3 aromatic rings. The zero-order valence-electron chi connectivity index (χ0n) is 29.9. The van der Waals surface area contributed by atoms with Crippen molar-refractivity contribution < 1.29 is 18.4 Å². The summed E-state index contributed by atoms with van der Waals surface area (Å²) in [6.45, 7) is 7.99. The van der Waals surface area contributed by atoms with E-state index in [2.05, 4.69) is 46.4 Å². The van der Waals surface area contributed by atoms with Gasteiger partial charge in [-0.3, -0.25) is 14.2 Å². The number of hydrogen-bond donors (Lipinski definition) is 2. The first kappa shape index (κ1) is 35.9. The van der Waals surface area contributed by atoms with Crippen LogP contribution in [0.2, 0.25) is 0 Å². The van der Waals surface area contributed by atoms with Gasteiger partial charge >= 0.3 is 0 Å². The molecule has 3 aliphatic rings. The van der Waals surface area contributed by atoms with E-state index in [9.17, 15) is 18.4 Å². The summed E-state index contributed by atoms with van der Waals surface area (Å²) in [5.41, 5.74) is 1.28. The monoisotopic (exact) mass is 694 g/mol. The molecule has 12 nitrogen and oxygen atoms in total. The van der Waals surface area contributed by atoms with Gasteiger partial charge in [-0.2, -0.15) is 4.98 Å². The van der Waals surface area contributed by atoms with Crippen molar-refractivity contribution in [3.05, 3.63) is 36.0 Å². The lowest BCUT2D eigenvalue weighted by atomic mass is 9.85. The van der Waals surface area contributed by atoms with E-state index in [0.717, 1.165) is 83.9 Å². The molecule has 2 amide bonds. The number of imidazole rings is 1. The van der Waals surface area contributed by atoms with E-state index in [1.54, 1.807) is 6.20 Å². The number of halogens is 2. The van der Waals surface area contributed by atoms with Crippen LogP contribution in [0.3, 0.4) is 0 Å². The van der Waals surface area contributed by atoms with E-state index in [4.69, 9.17) is 9.97 Å². The number of fused-ring (bicyclic) bond motifs is 1. The Morgan fingerprint density at radius 1 is 0.920 bits per heavy atom. The van der Waals surface area contributed by atoms with Gasteiger partial charge in [0, 0.05) is 76.3 Å². The van der Waals surface area contributed by atoms with Crippen LogP contribution in [-0.2, 0) is 9.59 Å². The van der Waals surface area contributed by atoms with Crippen molar-refractivity contribution in [3.8, 4) is 0 Å². The van der Waals surface area contributed by atoms with Gasteiger partial charge in [0.2, 0.25) is 23.7 Å². The summed E-state index contributed by atoms with van der Waals surface area (Å²) in [5, 5.41) is 6.60. The Balaban J connectivity index is 1.16. The van der Waals surface area contributed by atoms with Crippen molar-refractivity contribution in [1.82, 2.24) is 39.1 Å². The number of aromatic nitrogens is 4. The minimum atomic E-state index is -0.718. The molecule has 2 aliphatic carbocycles. The molecule has 1 aliphatic heterocycles. The summed E-state index contributed by atoms with van der Waals surface area (Å²) < 4.78 is 30.5. The molecule has 1 saturated heterocycles. The molecular weight excluding hydrogens is 642 g/mol. The molecular formula is C36H52F2N10O2. The lowest BCUT2D eigenvalue weighted by Crippen LogP contribution is -2.49. The van der Waals surface area contributed by atoms with Gasteiger partial charge in [0.25, 0.3) is 0 Å². The number of hydrogen-bond acceptors (Lipinski definition) is 9. The molecule has 1 aromatic carbocycles. The number of nitrogens with one attached hydrogen (secondary N) is 2. The van der Waals surface area contributed by atoms with Crippen LogP contribution in [0.15, 0.2) is 24.4 Å². The van der Waals surface area contributed by atoms with Gasteiger partial charge in [-0.25, -0.2) is 18.7 Å². The van der Waals surface area contributed by atoms with E-state index in [-0.39, 0.29) is 41.4 Å². The molecule has 50 heavy (non-hydrogen) atoms. The molecule has 0 atom stereocenters. The highest BCUT2D eigenvalue weighted by atomic mass is 19.1. The average molecular weight is 695 g/mol. The molecule has 272 valence electrons. The quantitative estimate of drug-likeness (QED) is 0.294. The summed E-state index contributed by atoms with van der Waals surface area (Å²) in [7, 11) is 6.02. The zero-order valence-corrected chi connectivity index (χ0v) is 29.9. The summed E-state index contributed by atoms with van der Waals surface area (Å²) in [5.74, 6) is -0.0500. The fraction of sp³-hybridized carbons (Fsp3) is 0.639. The van der Waals surface area contributed by atoms with Gasteiger partial charge in [-0.1, -0.05) is 6.92 Å². The number of benzene rings is 1. The number of anilines is 3. The number of carbonyl (C=O) groups is 2. The second kappa shape index (κ2) is 16.0. The summed E-state index contributed by atoms with van der Waals surface area (Å²) >= 11 is 0. The van der Waals surface area contributed by atoms with E-state index in [0.29, 0.717) is 42.4 Å². The maximum Gasteiger partial charge on any atom is 0.225 e. The fourth-order valence-corrected chi connectivity index (χ4v) is 7.54. The lowest BCUT2D eigenvalue weighted by molar-refractivity contribution is -0.138.